The molecule has 0 aromatic heterocycles. The lowest BCUT2D eigenvalue weighted by Gasteiger charge is -2.29. The van der Waals surface area contributed by atoms with Crippen LogP contribution in [0.3, 0.4) is 0 Å². The van der Waals surface area contributed by atoms with Crippen molar-refractivity contribution in [2.45, 2.75) is 31.4 Å². The lowest BCUT2D eigenvalue weighted by atomic mass is 10.0. The molecule has 4 rings (SSSR count). The van der Waals surface area contributed by atoms with Crippen molar-refractivity contribution in [2.75, 3.05) is 39.5 Å². The third-order valence-corrected chi connectivity index (χ3v) is 5.72. The van der Waals surface area contributed by atoms with E-state index in [2.05, 4.69) is 10.2 Å². The normalized spacial score (nSPS) is 17.5. The van der Waals surface area contributed by atoms with E-state index in [9.17, 15) is 15.0 Å². The van der Waals surface area contributed by atoms with Crippen LogP contribution in [0.15, 0.2) is 42.5 Å². The van der Waals surface area contributed by atoms with Gasteiger partial charge in [-0.2, -0.15) is 0 Å². The van der Waals surface area contributed by atoms with Crippen molar-refractivity contribution >= 4 is 5.91 Å². The summed E-state index contributed by atoms with van der Waals surface area (Å²) in [6.45, 7) is 3.68. The number of carbonyl (C=O) groups is 1. The zero-order valence-electron chi connectivity index (χ0n) is 18.0. The monoisotopic (exact) mass is 442 g/mol. The maximum Gasteiger partial charge on any atom is 0.223 e. The second-order valence-electron chi connectivity index (χ2n) is 8.12. The lowest BCUT2D eigenvalue weighted by molar-refractivity contribution is -0.123. The summed E-state index contributed by atoms with van der Waals surface area (Å²) in [5.41, 5.74) is 0.680. The van der Waals surface area contributed by atoms with Crippen molar-refractivity contribution in [1.29, 1.82) is 0 Å². The molecule has 0 bridgehead atoms. The number of phenolic OH excluding ortho intramolecular Hbond substituents is 1. The van der Waals surface area contributed by atoms with Gasteiger partial charge in [-0.25, -0.2) is 0 Å². The molecule has 8 heteroatoms. The van der Waals surface area contributed by atoms with E-state index < -0.39 is 12.1 Å². The van der Waals surface area contributed by atoms with Crippen LogP contribution in [0.25, 0.3) is 0 Å². The van der Waals surface area contributed by atoms with Gasteiger partial charge in [0.15, 0.2) is 11.5 Å². The minimum Gasteiger partial charge on any atom is -0.508 e. The van der Waals surface area contributed by atoms with Gasteiger partial charge in [0.25, 0.3) is 0 Å². The number of hydrogen-bond acceptors (Lipinski definition) is 7. The zero-order valence-corrected chi connectivity index (χ0v) is 18.0. The fourth-order valence-corrected chi connectivity index (χ4v) is 4.03. The van der Waals surface area contributed by atoms with Gasteiger partial charge in [0.1, 0.15) is 30.8 Å². The first-order valence-electron chi connectivity index (χ1n) is 11.1. The molecule has 1 fully saturated rings. The number of benzene rings is 2. The molecule has 2 aromatic rings. The topological polar surface area (TPSA) is 100 Å². The van der Waals surface area contributed by atoms with Gasteiger partial charge in [-0.1, -0.05) is 6.07 Å². The van der Waals surface area contributed by atoms with Gasteiger partial charge in [0.05, 0.1) is 19.1 Å². The number of likely N-dealkylation sites (tertiary alicyclic amines) is 1. The van der Waals surface area contributed by atoms with Crippen LogP contribution in [0.5, 0.6) is 23.0 Å². The van der Waals surface area contributed by atoms with Crippen molar-refractivity contribution in [3.63, 3.8) is 0 Å². The maximum atomic E-state index is 12.6. The number of aliphatic hydroxyl groups excluding tert-OH is 1. The van der Waals surface area contributed by atoms with Gasteiger partial charge in [-0.3, -0.25) is 4.79 Å². The number of aromatic hydroxyl groups is 1. The van der Waals surface area contributed by atoms with Crippen LogP contribution >= 0.6 is 0 Å². The van der Waals surface area contributed by atoms with Crippen LogP contribution in [-0.2, 0) is 4.79 Å². The van der Waals surface area contributed by atoms with Crippen molar-refractivity contribution < 1.29 is 29.2 Å². The van der Waals surface area contributed by atoms with Gasteiger partial charge >= 0.3 is 0 Å². The van der Waals surface area contributed by atoms with Gasteiger partial charge < -0.3 is 34.6 Å². The van der Waals surface area contributed by atoms with E-state index in [1.807, 2.05) is 6.07 Å². The largest absolute Gasteiger partial charge is 0.508 e. The Labute approximate surface area is 187 Å². The Morgan fingerprint density at radius 2 is 1.78 bits per heavy atom. The van der Waals surface area contributed by atoms with E-state index in [0.717, 1.165) is 25.9 Å². The standard InChI is InChI=1S/C24H30N2O6/c27-18-4-6-19(7-5-18)30-12-9-23(28)25-20(16-26-10-1-2-11-26)24(29)17-3-8-21-22(15-17)32-14-13-31-21/h3-8,15,20,24,27,29H,1-2,9-14,16H2,(H,25,28)/t20-,24+/m1/s1. The molecule has 2 atom stereocenters. The number of phenols is 1. The molecule has 2 aromatic carbocycles. The highest BCUT2D eigenvalue weighted by Crippen LogP contribution is 2.33. The first kappa shape index (κ1) is 22.2. The lowest BCUT2D eigenvalue weighted by Crippen LogP contribution is -2.47. The number of aliphatic hydroxyl groups is 1. The number of rotatable bonds is 9. The molecule has 2 aliphatic rings. The van der Waals surface area contributed by atoms with Crippen molar-refractivity contribution in [3.05, 3.63) is 48.0 Å². The molecule has 172 valence electrons. The number of hydrogen-bond donors (Lipinski definition) is 3. The number of ether oxygens (including phenoxy) is 3. The number of fused-ring (bicyclic) bond motifs is 1. The van der Waals surface area contributed by atoms with Crippen molar-refractivity contribution in [3.8, 4) is 23.0 Å². The highest BCUT2D eigenvalue weighted by atomic mass is 16.6. The smallest absolute Gasteiger partial charge is 0.223 e. The molecule has 0 radical (unpaired) electrons. The predicted molar refractivity (Wildman–Crippen MR) is 118 cm³/mol. The Bertz CT molecular complexity index is 898. The Kier molecular flexibility index (Phi) is 7.34. The third kappa shape index (κ3) is 5.83. The summed E-state index contributed by atoms with van der Waals surface area (Å²) in [6.07, 6.45) is 1.53. The van der Waals surface area contributed by atoms with E-state index in [1.165, 1.54) is 12.1 Å². The Hall–Kier alpha value is -2.97. The molecule has 2 aliphatic heterocycles. The predicted octanol–water partition coefficient (Wildman–Crippen LogP) is 2.25. The van der Waals surface area contributed by atoms with Crippen LogP contribution in [-0.4, -0.2) is 66.5 Å². The van der Waals surface area contributed by atoms with Gasteiger partial charge in [-0.15, -0.1) is 0 Å². The summed E-state index contributed by atoms with van der Waals surface area (Å²) < 4.78 is 16.8. The molecular formula is C24H30N2O6. The average molecular weight is 443 g/mol. The molecule has 32 heavy (non-hydrogen) atoms. The van der Waals surface area contributed by atoms with Crippen molar-refractivity contribution in [2.24, 2.45) is 0 Å². The molecule has 2 heterocycles. The quantitative estimate of drug-likeness (QED) is 0.548. The van der Waals surface area contributed by atoms with Crippen LogP contribution in [0.4, 0.5) is 0 Å². The van der Waals surface area contributed by atoms with Gasteiger partial charge in [0.2, 0.25) is 5.91 Å². The van der Waals surface area contributed by atoms with Crippen LogP contribution in [0.2, 0.25) is 0 Å². The minimum atomic E-state index is -0.881. The Morgan fingerprint density at radius 3 is 2.53 bits per heavy atom. The first-order valence-corrected chi connectivity index (χ1v) is 11.1. The summed E-state index contributed by atoms with van der Waals surface area (Å²) in [4.78, 5) is 14.9. The molecule has 3 N–H and O–H groups in total. The fourth-order valence-electron chi connectivity index (χ4n) is 4.03. The van der Waals surface area contributed by atoms with E-state index in [4.69, 9.17) is 14.2 Å². The van der Waals surface area contributed by atoms with E-state index in [-0.39, 0.29) is 24.7 Å². The molecule has 0 saturated carbocycles. The van der Waals surface area contributed by atoms with Crippen molar-refractivity contribution in [1.82, 2.24) is 10.2 Å². The molecule has 8 nitrogen and oxygen atoms in total. The van der Waals surface area contributed by atoms with Crippen LogP contribution in [0.1, 0.15) is 30.9 Å². The SMILES string of the molecule is O=C(CCOc1ccc(O)cc1)N[C@H](CN1CCCC1)[C@@H](O)c1ccc2c(c1)OCCO2. The highest BCUT2D eigenvalue weighted by molar-refractivity contribution is 5.76. The number of nitrogens with one attached hydrogen (secondary N) is 1. The summed E-state index contributed by atoms with van der Waals surface area (Å²) >= 11 is 0. The second kappa shape index (κ2) is 10.6. The summed E-state index contributed by atoms with van der Waals surface area (Å²) in [6, 6.07) is 11.3. The number of amides is 1. The molecule has 0 spiro atoms. The summed E-state index contributed by atoms with van der Waals surface area (Å²) in [5.74, 6) is 1.83. The molecule has 0 aliphatic carbocycles. The molecule has 0 unspecified atom stereocenters. The molecular weight excluding hydrogens is 412 g/mol. The minimum absolute atomic E-state index is 0.158. The highest BCUT2D eigenvalue weighted by Gasteiger charge is 2.27. The Morgan fingerprint density at radius 1 is 1.06 bits per heavy atom. The van der Waals surface area contributed by atoms with Gasteiger partial charge in [0, 0.05) is 6.54 Å². The van der Waals surface area contributed by atoms with E-state index in [1.54, 1.807) is 24.3 Å². The van der Waals surface area contributed by atoms with Gasteiger partial charge in [-0.05, 0) is 67.9 Å². The van der Waals surface area contributed by atoms with E-state index in [0.29, 0.717) is 42.6 Å². The number of nitrogens with zero attached hydrogens (tertiary/aromatic N) is 1. The third-order valence-electron chi connectivity index (χ3n) is 5.72. The summed E-state index contributed by atoms with van der Waals surface area (Å²) in [5, 5.41) is 23.5. The zero-order chi connectivity index (χ0) is 22.3. The first-order chi connectivity index (χ1) is 15.6. The number of carbonyl (C=O) groups excluding carboxylic acids is 1. The average Bonchev–Trinajstić information content (AvgIpc) is 3.32. The molecule has 1 amide bonds. The van der Waals surface area contributed by atoms with Crippen LogP contribution in [0, 0.1) is 0 Å². The van der Waals surface area contributed by atoms with Crippen LogP contribution < -0.4 is 19.5 Å². The summed E-state index contributed by atoms with van der Waals surface area (Å²) in [7, 11) is 0. The molecule has 1 saturated heterocycles. The Balaban J connectivity index is 1.38. The maximum absolute atomic E-state index is 12.6. The van der Waals surface area contributed by atoms with E-state index >= 15 is 0 Å². The fraction of sp³-hybridized carbons (Fsp3) is 0.458. The second-order valence-corrected chi connectivity index (χ2v) is 8.12.